The Kier molecular flexibility index (Phi) is 9.99. The number of hydrogen-bond donors (Lipinski definition) is 1. The summed E-state index contributed by atoms with van der Waals surface area (Å²) in [6.07, 6.45) is 1.59. The molecule has 2 fully saturated rings. The Balaban J connectivity index is 1.44. The van der Waals surface area contributed by atoms with Gasteiger partial charge in [0.15, 0.2) is 0 Å². The van der Waals surface area contributed by atoms with Crippen LogP contribution < -0.4 is 5.32 Å². The molecule has 4 rings (SSSR count). The minimum absolute atomic E-state index is 0.0643. The average molecular weight is 595 g/mol. The maximum absolute atomic E-state index is 13.9. The summed E-state index contributed by atoms with van der Waals surface area (Å²) in [4.78, 5) is 66.7. The fraction of sp³-hybridized carbons (Fsp3) is 0.484. The molecule has 2 aromatic rings. The molecular weight excluding hydrogens is 556 g/mol. The van der Waals surface area contributed by atoms with E-state index < -0.39 is 40.7 Å². The van der Waals surface area contributed by atoms with Gasteiger partial charge in [-0.05, 0) is 69.7 Å². The monoisotopic (exact) mass is 594 g/mol. The standard InChI is InChI=1S/C31H38N4O8/c1-31(2,3)43-30(39)32-24(19-21-9-5-4-6-10-21)27(36)33-17-7-11-25(33)28(37)34-18-8-12-26(34)29(38)42-20-22-13-15-23(16-14-22)35(40)41/h4-6,9-10,13-16,24-26H,7-8,11-12,17-20H2,1-3H3,(H,32,39)/t24-,25-,26-/m0/s1. The molecule has 2 aliphatic rings. The quantitative estimate of drug-likeness (QED) is 0.262. The lowest BCUT2D eigenvalue weighted by Gasteiger charge is -2.33. The first-order valence-electron chi connectivity index (χ1n) is 14.5. The lowest BCUT2D eigenvalue weighted by atomic mass is 10.0. The Morgan fingerprint density at radius 2 is 1.56 bits per heavy atom. The molecule has 0 unspecified atom stereocenters. The number of rotatable bonds is 9. The van der Waals surface area contributed by atoms with Crippen molar-refractivity contribution in [3.63, 3.8) is 0 Å². The number of hydrogen-bond acceptors (Lipinski definition) is 8. The molecule has 0 spiro atoms. The van der Waals surface area contributed by atoms with Crippen LogP contribution in [-0.4, -0.2) is 75.4 Å². The Hall–Kier alpha value is -4.48. The van der Waals surface area contributed by atoms with Gasteiger partial charge in [0.05, 0.1) is 4.92 Å². The van der Waals surface area contributed by atoms with E-state index in [1.165, 1.54) is 34.1 Å². The van der Waals surface area contributed by atoms with Gasteiger partial charge in [0.1, 0.15) is 30.3 Å². The van der Waals surface area contributed by atoms with Crippen molar-refractivity contribution in [2.24, 2.45) is 0 Å². The zero-order chi connectivity index (χ0) is 31.1. The number of non-ortho nitro benzene ring substituents is 1. The van der Waals surface area contributed by atoms with Gasteiger partial charge in [-0.25, -0.2) is 9.59 Å². The van der Waals surface area contributed by atoms with Crippen LogP contribution in [0.3, 0.4) is 0 Å². The summed E-state index contributed by atoms with van der Waals surface area (Å²) in [7, 11) is 0. The molecule has 0 bridgehead atoms. The second-order valence-corrected chi connectivity index (χ2v) is 11.8. The van der Waals surface area contributed by atoms with Crippen molar-refractivity contribution in [1.82, 2.24) is 15.1 Å². The van der Waals surface area contributed by atoms with Crippen LogP contribution in [0.4, 0.5) is 10.5 Å². The van der Waals surface area contributed by atoms with Crippen LogP contribution in [0, 0.1) is 10.1 Å². The molecule has 12 heteroatoms. The van der Waals surface area contributed by atoms with E-state index in [4.69, 9.17) is 9.47 Å². The number of esters is 1. The van der Waals surface area contributed by atoms with Gasteiger partial charge in [0.25, 0.3) is 5.69 Å². The van der Waals surface area contributed by atoms with E-state index in [9.17, 15) is 29.3 Å². The first-order chi connectivity index (χ1) is 20.4. The SMILES string of the molecule is CC(C)(C)OC(=O)N[C@@H](Cc1ccccc1)C(=O)N1CCC[C@H]1C(=O)N1CCC[C@H]1C(=O)OCc1ccc([N+](=O)[O-])cc1. The van der Waals surface area contributed by atoms with Crippen molar-refractivity contribution >= 4 is 29.6 Å². The predicted octanol–water partition coefficient (Wildman–Crippen LogP) is 3.76. The fourth-order valence-electron chi connectivity index (χ4n) is 5.42. The Morgan fingerprint density at radius 1 is 0.930 bits per heavy atom. The van der Waals surface area contributed by atoms with Crippen LogP contribution in [0.5, 0.6) is 0 Å². The first kappa shape index (κ1) is 31.5. The number of carbonyl (C=O) groups excluding carboxylic acids is 4. The number of nitro groups is 1. The van der Waals surface area contributed by atoms with E-state index in [-0.39, 0.29) is 30.5 Å². The smallest absolute Gasteiger partial charge is 0.408 e. The van der Waals surface area contributed by atoms with E-state index in [2.05, 4.69) is 5.32 Å². The molecule has 0 radical (unpaired) electrons. The number of benzene rings is 2. The normalized spacial score (nSPS) is 19.0. The second-order valence-electron chi connectivity index (χ2n) is 11.8. The predicted molar refractivity (Wildman–Crippen MR) is 156 cm³/mol. The van der Waals surface area contributed by atoms with E-state index in [0.29, 0.717) is 44.3 Å². The third-order valence-corrected chi connectivity index (χ3v) is 7.43. The van der Waals surface area contributed by atoms with Gasteiger partial charge >= 0.3 is 12.1 Å². The highest BCUT2D eigenvalue weighted by Crippen LogP contribution is 2.27. The zero-order valence-corrected chi connectivity index (χ0v) is 24.7. The van der Waals surface area contributed by atoms with Gasteiger partial charge in [0.2, 0.25) is 11.8 Å². The summed E-state index contributed by atoms with van der Waals surface area (Å²) < 4.78 is 10.9. The van der Waals surface area contributed by atoms with E-state index in [1.54, 1.807) is 20.8 Å². The van der Waals surface area contributed by atoms with Crippen LogP contribution in [0.15, 0.2) is 54.6 Å². The molecule has 43 heavy (non-hydrogen) atoms. The molecule has 3 amide bonds. The summed E-state index contributed by atoms with van der Waals surface area (Å²) in [5.74, 6) is -1.27. The van der Waals surface area contributed by atoms with Gasteiger partial charge in [-0.2, -0.15) is 0 Å². The van der Waals surface area contributed by atoms with E-state index in [1.807, 2.05) is 30.3 Å². The summed E-state index contributed by atoms with van der Waals surface area (Å²) in [5.41, 5.74) is 0.610. The molecule has 2 aliphatic heterocycles. The number of likely N-dealkylation sites (tertiary alicyclic amines) is 2. The molecule has 0 saturated carbocycles. The third kappa shape index (κ3) is 8.30. The highest BCUT2D eigenvalue weighted by molar-refractivity contribution is 5.94. The molecule has 2 heterocycles. The molecular formula is C31H38N4O8. The highest BCUT2D eigenvalue weighted by atomic mass is 16.6. The Labute approximate surface area is 250 Å². The molecule has 2 aromatic carbocycles. The van der Waals surface area contributed by atoms with E-state index in [0.717, 1.165) is 5.56 Å². The van der Waals surface area contributed by atoms with E-state index >= 15 is 0 Å². The van der Waals surface area contributed by atoms with Crippen molar-refractivity contribution in [3.05, 3.63) is 75.8 Å². The zero-order valence-electron chi connectivity index (χ0n) is 24.7. The van der Waals surface area contributed by atoms with Crippen LogP contribution >= 0.6 is 0 Å². The number of carbonyl (C=O) groups is 4. The second kappa shape index (κ2) is 13.7. The maximum atomic E-state index is 13.9. The summed E-state index contributed by atoms with van der Waals surface area (Å²) in [6.45, 7) is 5.83. The van der Waals surface area contributed by atoms with Crippen molar-refractivity contribution in [1.29, 1.82) is 0 Å². The van der Waals surface area contributed by atoms with Crippen molar-refractivity contribution in [2.75, 3.05) is 13.1 Å². The lowest BCUT2D eigenvalue weighted by molar-refractivity contribution is -0.384. The Morgan fingerprint density at radius 3 is 2.19 bits per heavy atom. The molecule has 2 saturated heterocycles. The largest absolute Gasteiger partial charge is 0.459 e. The average Bonchev–Trinajstić information content (AvgIpc) is 3.65. The topological polar surface area (TPSA) is 148 Å². The fourth-order valence-corrected chi connectivity index (χ4v) is 5.42. The number of nitrogens with one attached hydrogen (secondary N) is 1. The number of amides is 3. The number of alkyl carbamates (subject to hydrolysis) is 1. The van der Waals surface area contributed by atoms with Crippen LogP contribution in [0.25, 0.3) is 0 Å². The maximum Gasteiger partial charge on any atom is 0.408 e. The van der Waals surface area contributed by atoms with Crippen molar-refractivity contribution < 1.29 is 33.6 Å². The van der Waals surface area contributed by atoms with Crippen LogP contribution in [0.1, 0.15) is 57.6 Å². The summed E-state index contributed by atoms with van der Waals surface area (Å²) in [6, 6.07) is 12.5. The molecule has 0 aromatic heterocycles. The van der Waals surface area contributed by atoms with Crippen LogP contribution in [-0.2, 0) is 36.9 Å². The molecule has 230 valence electrons. The minimum Gasteiger partial charge on any atom is -0.459 e. The summed E-state index contributed by atoms with van der Waals surface area (Å²) >= 11 is 0. The Bertz CT molecular complexity index is 1330. The number of nitrogens with zero attached hydrogens (tertiary/aromatic N) is 3. The minimum atomic E-state index is -0.952. The highest BCUT2D eigenvalue weighted by Gasteiger charge is 2.44. The number of nitro benzene ring substituents is 1. The van der Waals surface area contributed by atoms with Gasteiger partial charge in [-0.1, -0.05) is 30.3 Å². The van der Waals surface area contributed by atoms with Gasteiger partial charge in [-0.3, -0.25) is 19.7 Å². The summed E-state index contributed by atoms with van der Waals surface area (Å²) in [5, 5.41) is 13.6. The molecule has 0 aliphatic carbocycles. The van der Waals surface area contributed by atoms with Gasteiger partial charge < -0.3 is 24.6 Å². The molecule has 1 N–H and O–H groups in total. The lowest BCUT2D eigenvalue weighted by Crippen LogP contribution is -2.56. The number of ether oxygens (including phenoxy) is 2. The van der Waals surface area contributed by atoms with Gasteiger partial charge in [0, 0.05) is 31.6 Å². The van der Waals surface area contributed by atoms with Crippen LogP contribution in [0.2, 0.25) is 0 Å². The van der Waals surface area contributed by atoms with Crippen molar-refractivity contribution in [3.8, 4) is 0 Å². The first-order valence-corrected chi connectivity index (χ1v) is 14.5. The molecule has 12 nitrogen and oxygen atoms in total. The third-order valence-electron chi connectivity index (χ3n) is 7.43. The molecule has 3 atom stereocenters. The van der Waals surface area contributed by atoms with Crippen molar-refractivity contribution in [2.45, 2.75) is 83.2 Å². The van der Waals surface area contributed by atoms with Gasteiger partial charge in [-0.15, -0.1) is 0 Å².